The number of carbonyl (C=O) groups is 1. The summed E-state index contributed by atoms with van der Waals surface area (Å²) in [5, 5.41) is 10.3. The number of nitro benzene ring substituents is 1. The van der Waals surface area contributed by atoms with E-state index in [9.17, 15) is 14.9 Å². The largest absolute Gasteiger partial charge is 0.414 e. The van der Waals surface area contributed by atoms with Gasteiger partial charge in [-0.3, -0.25) is 10.1 Å². The molecule has 0 radical (unpaired) electrons. The molecule has 0 aromatic heterocycles. The van der Waals surface area contributed by atoms with Crippen LogP contribution in [0, 0.1) is 10.1 Å². The summed E-state index contributed by atoms with van der Waals surface area (Å²) in [5.74, 6) is -0.0994. The van der Waals surface area contributed by atoms with Gasteiger partial charge in [0.2, 0.25) is 0 Å². The lowest BCUT2D eigenvalue weighted by molar-refractivity contribution is -0.384. The van der Waals surface area contributed by atoms with Gasteiger partial charge in [0, 0.05) is 26.2 Å². The van der Waals surface area contributed by atoms with Gasteiger partial charge in [0.05, 0.1) is 15.0 Å². The summed E-state index contributed by atoms with van der Waals surface area (Å²) >= 11 is 11.5. The molecule has 0 aliphatic heterocycles. The smallest absolute Gasteiger partial charge is 0.407 e. The fourth-order valence-corrected chi connectivity index (χ4v) is 1.48. The van der Waals surface area contributed by atoms with E-state index < -0.39 is 11.0 Å². The van der Waals surface area contributed by atoms with Gasteiger partial charge >= 0.3 is 6.09 Å². The Balaban J connectivity index is 3.10. The van der Waals surface area contributed by atoms with Crippen molar-refractivity contribution in [2.75, 3.05) is 14.1 Å². The van der Waals surface area contributed by atoms with Gasteiger partial charge in [0.15, 0.2) is 5.75 Å². The number of nitro groups is 1. The third kappa shape index (κ3) is 3.21. The van der Waals surface area contributed by atoms with E-state index in [-0.39, 0.29) is 21.5 Å². The molecule has 0 saturated carbocycles. The van der Waals surface area contributed by atoms with E-state index >= 15 is 0 Å². The standard InChI is InChI=1S/C9H8Cl2N2O4/c1-12(2)9(14)17-8-6(10)3-5(13(15)16)4-7(8)11/h3-4H,1-2H3. The molecule has 17 heavy (non-hydrogen) atoms. The van der Waals surface area contributed by atoms with Crippen LogP contribution in [-0.2, 0) is 0 Å². The fourth-order valence-electron chi connectivity index (χ4n) is 0.928. The molecule has 0 aliphatic carbocycles. The van der Waals surface area contributed by atoms with Crippen LogP contribution in [0.4, 0.5) is 10.5 Å². The van der Waals surface area contributed by atoms with Crippen LogP contribution >= 0.6 is 23.2 Å². The number of carbonyl (C=O) groups excluding carboxylic acids is 1. The van der Waals surface area contributed by atoms with E-state index in [1.807, 2.05) is 0 Å². The summed E-state index contributed by atoms with van der Waals surface area (Å²) in [5.41, 5.74) is -0.273. The summed E-state index contributed by atoms with van der Waals surface area (Å²) in [7, 11) is 2.96. The fraction of sp³-hybridized carbons (Fsp3) is 0.222. The molecule has 0 N–H and O–H groups in total. The Hall–Kier alpha value is -1.53. The number of non-ortho nitro benzene ring substituents is 1. The van der Waals surface area contributed by atoms with E-state index in [2.05, 4.69) is 0 Å². The minimum Gasteiger partial charge on any atom is -0.407 e. The Labute approximate surface area is 107 Å². The van der Waals surface area contributed by atoms with E-state index in [0.29, 0.717) is 0 Å². The van der Waals surface area contributed by atoms with Gasteiger partial charge in [-0.05, 0) is 0 Å². The first-order valence-electron chi connectivity index (χ1n) is 4.35. The first-order chi connectivity index (χ1) is 7.82. The van der Waals surface area contributed by atoms with E-state index in [1.165, 1.54) is 19.0 Å². The lowest BCUT2D eigenvalue weighted by Crippen LogP contribution is -2.25. The molecule has 8 heteroatoms. The maximum absolute atomic E-state index is 11.3. The quantitative estimate of drug-likeness (QED) is 0.616. The van der Waals surface area contributed by atoms with Crippen molar-refractivity contribution in [2.45, 2.75) is 0 Å². The first-order valence-corrected chi connectivity index (χ1v) is 5.11. The number of nitrogens with zero attached hydrogens (tertiary/aromatic N) is 2. The van der Waals surface area contributed by atoms with E-state index in [4.69, 9.17) is 27.9 Å². The summed E-state index contributed by atoms with van der Waals surface area (Å²) in [6.07, 6.45) is -0.678. The Bertz CT molecular complexity index is 453. The lowest BCUT2D eigenvalue weighted by Gasteiger charge is -2.12. The monoisotopic (exact) mass is 278 g/mol. The third-order valence-electron chi connectivity index (χ3n) is 1.75. The van der Waals surface area contributed by atoms with Crippen LogP contribution < -0.4 is 4.74 Å². The van der Waals surface area contributed by atoms with Crippen LogP contribution in [0.1, 0.15) is 0 Å². The maximum atomic E-state index is 11.3. The second kappa shape index (κ2) is 5.20. The Morgan fingerprint density at radius 3 is 2.18 bits per heavy atom. The summed E-state index contributed by atoms with van der Waals surface area (Å²) < 4.78 is 4.87. The highest BCUT2D eigenvalue weighted by atomic mass is 35.5. The van der Waals surface area contributed by atoms with Crippen LogP contribution in [0.3, 0.4) is 0 Å². The molecule has 0 spiro atoms. The highest BCUT2D eigenvalue weighted by Crippen LogP contribution is 2.36. The molecular formula is C9H8Cl2N2O4. The van der Waals surface area contributed by atoms with Gasteiger partial charge in [-0.15, -0.1) is 0 Å². The maximum Gasteiger partial charge on any atom is 0.414 e. The second-order valence-electron chi connectivity index (χ2n) is 3.26. The first kappa shape index (κ1) is 13.5. The molecule has 0 heterocycles. The molecule has 1 aromatic rings. The molecule has 92 valence electrons. The number of rotatable bonds is 2. The number of amides is 1. The minimum absolute atomic E-state index is 0.0978. The summed E-state index contributed by atoms with van der Waals surface area (Å²) in [6.45, 7) is 0. The predicted octanol–water partition coefficient (Wildman–Crippen LogP) is 2.96. The Morgan fingerprint density at radius 1 is 1.35 bits per heavy atom. The number of hydrogen-bond acceptors (Lipinski definition) is 4. The van der Waals surface area contributed by atoms with Crippen molar-refractivity contribution in [3.8, 4) is 5.75 Å². The lowest BCUT2D eigenvalue weighted by atomic mass is 10.3. The molecule has 0 atom stereocenters. The van der Waals surface area contributed by atoms with Crippen LogP contribution in [-0.4, -0.2) is 30.0 Å². The molecule has 0 aliphatic rings. The van der Waals surface area contributed by atoms with Crippen LogP contribution in [0.15, 0.2) is 12.1 Å². The Kier molecular flexibility index (Phi) is 4.14. The average molecular weight is 279 g/mol. The molecule has 0 fully saturated rings. The van der Waals surface area contributed by atoms with Crippen molar-refractivity contribution >= 4 is 35.0 Å². The number of halogens is 2. The van der Waals surface area contributed by atoms with Crippen molar-refractivity contribution in [1.82, 2.24) is 4.90 Å². The molecule has 1 aromatic carbocycles. The molecule has 0 unspecified atom stereocenters. The van der Waals surface area contributed by atoms with Crippen molar-refractivity contribution in [3.05, 3.63) is 32.3 Å². The van der Waals surface area contributed by atoms with Gasteiger partial charge < -0.3 is 9.64 Å². The summed E-state index contributed by atoms with van der Waals surface area (Å²) in [6, 6.07) is 2.12. The Morgan fingerprint density at radius 2 is 1.82 bits per heavy atom. The zero-order chi connectivity index (χ0) is 13.2. The third-order valence-corrected chi connectivity index (χ3v) is 2.31. The highest BCUT2D eigenvalue weighted by molar-refractivity contribution is 6.37. The predicted molar refractivity (Wildman–Crippen MR) is 62.8 cm³/mol. The zero-order valence-corrected chi connectivity index (χ0v) is 10.4. The molecule has 0 bridgehead atoms. The van der Waals surface area contributed by atoms with Gasteiger partial charge in [-0.2, -0.15) is 0 Å². The average Bonchev–Trinajstić information content (AvgIpc) is 2.22. The molecule has 6 nitrogen and oxygen atoms in total. The van der Waals surface area contributed by atoms with Crippen molar-refractivity contribution < 1.29 is 14.5 Å². The van der Waals surface area contributed by atoms with Gasteiger partial charge in [-0.1, -0.05) is 23.2 Å². The normalized spacial score (nSPS) is 9.88. The molecule has 0 saturated heterocycles. The van der Waals surface area contributed by atoms with Gasteiger partial charge in [0.25, 0.3) is 5.69 Å². The molecule has 1 rings (SSSR count). The van der Waals surface area contributed by atoms with Crippen LogP contribution in [0.2, 0.25) is 10.0 Å². The van der Waals surface area contributed by atoms with E-state index in [0.717, 1.165) is 12.1 Å². The summed E-state index contributed by atoms with van der Waals surface area (Å²) in [4.78, 5) is 22.3. The molecular weight excluding hydrogens is 271 g/mol. The minimum atomic E-state index is -0.678. The van der Waals surface area contributed by atoms with Crippen molar-refractivity contribution in [1.29, 1.82) is 0 Å². The SMILES string of the molecule is CN(C)C(=O)Oc1c(Cl)cc([N+](=O)[O-])cc1Cl. The van der Waals surface area contributed by atoms with Crippen LogP contribution in [0.5, 0.6) is 5.75 Å². The van der Waals surface area contributed by atoms with Gasteiger partial charge in [-0.25, -0.2) is 4.79 Å². The molecule has 1 amide bonds. The number of ether oxygens (including phenoxy) is 1. The second-order valence-corrected chi connectivity index (χ2v) is 4.07. The van der Waals surface area contributed by atoms with Crippen molar-refractivity contribution in [2.24, 2.45) is 0 Å². The van der Waals surface area contributed by atoms with Gasteiger partial charge in [0.1, 0.15) is 0 Å². The van der Waals surface area contributed by atoms with Crippen LogP contribution in [0.25, 0.3) is 0 Å². The highest BCUT2D eigenvalue weighted by Gasteiger charge is 2.18. The van der Waals surface area contributed by atoms with E-state index in [1.54, 1.807) is 0 Å². The number of benzene rings is 1. The topological polar surface area (TPSA) is 72.7 Å². The van der Waals surface area contributed by atoms with Crippen molar-refractivity contribution in [3.63, 3.8) is 0 Å². The number of hydrogen-bond donors (Lipinski definition) is 0. The zero-order valence-electron chi connectivity index (χ0n) is 8.94.